The molecule has 0 fully saturated rings. The minimum absolute atomic E-state index is 0.0228. The van der Waals surface area contributed by atoms with Crippen LogP contribution in [0.1, 0.15) is 106 Å². The largest absolute Gasteiger partial charge is 0.489 e. The van der Waals surface area contributed by atoms with Gasteiger partial charge >= 0.3 is 0 Å². The van der Waals surface area contributed by atoms with E-state index in [2.05, 4.69) is 135 Å². The van der Waals surface area contributed by atoms with Gasteiger partial charge in [0.2, 0.25) is 11.6 Å². The van der Waals surface area contributed by atoms with Crippen LogP contribution < -0.4 is 31.6 Å². The average molecular weight is 1060 g/mol. The first-order valence-corrected chi connectivity index (χ1v) is 28.0. The van der Waals surface area contributed by atoms with Gasteiger partial charge in [0.05, 0.1) is 36.2 Å². The van der Waals surface area contributed by atoms with Crippen LogP contribution >= 0.6 is 0 Å². The molecule has 5 heterocycles. The molecule has 0 bridgehead atoms. The molecule has 4 aromatic carbocycles. The maximum absolute atomic E-state index is 13.2. The first-order chi connectivity index (χ1) is 37.0. The molecule has 400 valence electrons. The number of aromatic amines is 1. The summed E-state index contributed by atoms with van der Waals surface area (Å²) in [5.41, 5.74) is 15.7. The average Bonchev–Trinajstić information content (AvgIpc) is 3.82. The Morgan fingerprint density at radius 1 is 0.909 bits per heavy atom. The zero-order valence-corrected chi connectivity index (χ0v) is 45.3. The van der Waals surface area contributed by atoms with Crippen molar-refractivity contribution < 1.29 is 31.8 Å². The van der Waals surface area contributed by atoms with Gasteiger partial charge in [-0.25, -0.2) is 9.97 Å². The Hall–Kier alpha value is -7.89. The fourth-order valence-electron chi connectivity index (χ4n) is 10.4. The Kier molecular flexibility index (Phi) is 16.2. The van der Waals surface area contributed by atoms with Crippen LogP contribution in [0.5, 0.6) is 5.75 Å². The summed E-state index contributed by atoms with van der Waals surface area (Å²) in [5.74, 6) is 1.38. The van der Waals surface area contributed by atoms with Crippen LogP contribution in [0.25, 0.3) is 11.2 Å². The van der Waals surface area contributed by atoms with E-state index in [9.17, 15) is 22.6 Å². The number of hydrogen-bond donors (Lipinski definition) is 5. The van der Waals surface area contributed by atoms with E-state index < -0.39 is 15.7 Å². The van der Waals surface area contributed by atoms with Crippen molar-refractivity contribution in [3.05, 3.63) is 189 Å². The number of amides is 1. The molecule has 16 nitrogen and oxygen atoms in total. The van der Waals surface area contributed by atoms with Crippen molar-refractivity contribution in [1.82, 2.24) is 25.3 Å². The van der Waals surface area contributed by atoms with E-state index >= 15 is 0 Å². The third-order valence-corrected chi connectivity index (χ3v) is 15.4. The lowest BCUT2D eigenvalue weighted by molar-refractivity contribution is -0.438. The number of benzene rings is 4. The van der Waals surface area contributed by atoms with Gasteiger partial charge in [-0.05, 0) is 105 Å². The van der Waals surface area contributed by atoms with Crippen molar-refractivity contribution >= 4 is 55.9 Å². The molecule has 1 amide bonds. The third-order valence-electron chi connectivity index (χ3n) is 14.5. The maximum Gasteiger partial charge on any atom is 0.280 e. The highest BCUT2D eigenvalue weighted by atomic mass is 32.2. The molecule has 6 aromatic rings. The molecule has 0 saturated heterocycles. The van der Waals surface area contributed by atoms with Crippen molar-refractivity contribution in [2.45, 2.75) is 96.9 Å². The summed E-state index contributed by atoms with van der Waals surface area (Å²) in [4.78, 5) is 43.0. The van der Waals surface area contributed by atoms with Crippen molar-refractivity contribution in [2.75, 3.05) is 47.9 Å². The normalized spacial score (nSPS) is 16.8. The lowest BCUT2D eigenvalue weighted by Gasteiger charge is -2.27. The molecule has 2 aromatic heterocycles. The Bertz CT molecular complexity index is 3510. The fourth-order valence-corrected chi connectivity index (χ4v) is 11.0. The number of H-pyrrole nitrogens is 1. The van der Waals surface area contributed by atoms with E-state index in [1.54, 1.807) is 12.1 Å². The lowest BCUT2D eigenvalue weighted by Crippen LogP contribution is -2.28. The SMILES string of the molecule is CCCCCN1C(=CC=C2OCCC(C=CC3=[N+](CCCCS(=O)(=O)O)c4ccccc4C3(C)C)=C2Oc2ccc(CCNC(=O)c3ccc(NCc4cnc5nc(N)[nH]c(=O)c5n4)cc3)cc2)C(C)(C)c2ccccc21. The summed E-state index contributed by atoms with van der Waals surface area (Å²) in [6, 6.07) is 32.0. The summed E-state index contributed by atoms with van der Waals surface area (Å²) in [7, 11) is -4.06. The summed E-state index contributed by atoms with van der Waals surface area (Å²) in [6.07, 6.45) is 15.6. The van der Waals surface area contributed by atoms with Gasteiger partial charge in [0.1, 0.15) is 12.3 Å². The van der Waals surface area contributed by atoms with Gasteiger partial charge < -0.3 is 30.7 Å². The predicted octanol–water partition coefficient (Wildman–Crippen LogP) is 9.99. The standard InChI is InChI=1S/C60H67N9O7S/c1-6-7-12-34-68-48-17-10-9-16-47(48)60(4,5)52(68)30-28-50-54(41(32-36-75-50)23-29-51-59(2,3)46-15-8-11-18-49(46)69(51)35-13-14-37-77(72,73)74)76-45-26-19-40(20-27-45)31-33-62-56(70)42-21-24-43(25-22-42)63-38-44-39-64-55-53(65-44)57(71)67-58(61)66-55/h8-11,15-30,39H,6-7,12-14,31-38H2,1-5H3,(H5-,61,62,63,64,66,67,70,71,72,73,74)/p+1. The quantitative estimate of drug-likeness (QED) is 0.0258. The number of nitrogens with two attached hydrogens (primary N) is 1. The highest BCUT2D eigenvalue weighted by Crippen LogP contribution is 2.48. The van der Waals surface area contributed by atoms with E-state index in [1.807, 2.05) is 48.5 Å². The number of allylic oxidation sites excluding steroid dienone is 5. The Labute approximate surface area is 450 Å². The molecular formula is C60H68N9O7S+. The number of ether oxygens (including phenoxy) is 2. The van der Waals surface area contributed by atoms with Gasteiger partial charge in [0.15, 0.2) is 28.4 Å². The molecule has 0 unspecified atom stereocenters. The molecule has 0 radical (unpaired) electrons. The van der Waals surface area contributed by atoms with Crippen LogP contribution in [0.4, 0.5) is 23.0 Å². The number of para-hydroxylation sites is 2. The molecule has 9 rings (SSSR count). The van der Waals surface area contributed by atoms with Crippen LogP contribution in [0, 0.1) is 0 Å². The van der Waals surface area contributed by atoms with Crippen LogP contribution in [0.15, 0.2) is 155 Å². The van der Waals surface area contributed by atoms with E-state index in [0.29, 0.717) is 80.4 Å². The second-order valence-corrected chi connectivity index (χ2v) is 22.3. The van der Waals surface area contributed by atoms with Gasteiger partial charge in [-0.1, -0.05) is 82.1 Å². The van der Waals surface area contributed by atoms with Crippen molar-refractivity contribution in [2.24, 2.45) is 0 Å². The molecule has 3 aliphatic heterocycles. The maximum atomic E-state index is 13.2. The van der Waals surface area contributed by atoms with Gasteiger partial charge in [-0.15, -0.1) is 0 Å². The molecule has 3 aliphatic rings. The molecule has 0 spiro atoms. The van der Waals surface area contributed by atoms with Crippen LogP contribution in [0.3, 0.4) is 0 Å². The summed E-state index contributed by atoms with van der Waals surface area (Å²) >= 11 is 0. The molecule has 77 heavy (non-hydrogen) atoms. The minimum Gasteiger partial charge on any atom is -0.489 e. The highest BCUT2D eigenvalue weighted by molar-refractivity contribution is 7.85. The van der Waals surface area contributed by atoms with E-state index in [0.717, 1.165) is 54.0 Å². The smallest absolute Gasteiger partial charge is 0.280 e. The number of nitrogens with one attached hydrogen (secondary N) is 3. The zero-order valence-electron chi connectivity index (χ0n) is 44.4. The number of fused-ring (bicyclic) bond motifs is 3. The van der Waals surface area contributed by atoms with Crippen LogP contribution in [-0.4, -0.2) is 81.1 Å². The topological polar surface area (TPSA) is 218 Å². The molecule has 17 heteroatoms. The third kappa shape index (κ3) is 12.4. The number of carbonyl (C=O) groups excluding carboxylic acids is 1. The van der Waals surface area contributed by atoms with Crippen molar-refractivity contribution in [3.63, 3.8) is 0 Å². The van der Waals surface area contributed by atoms with Crippen LogP contribution in [0.2, 0.25) is 0 Å². The number of nitrogen functional groups attached to an aromatic ring is 1. The molecule has 0 atom stereocenters. The highest BCUT2D eigenvalue weighted by Gasteiger charge is 2.44. The lowest BCUT2D eigenvalue weighted by atomic mass is 9.81. The molecule has 0 aliphatic carbocycles. The molecule has 6 N–H and O–H groups in total. The fraction of sp³-hybridized carbons (Fsp3) is 0.333. The number of carbonyl (C=O) groups is 1. The zero-order chi connectivity index (χ0) is 54.3. The Morgan fingerprint density at radius 2 is 1.66 bits per heavy atom. The number of nitrogens with zero attached hydrogens (tertiary/aromatic N) is 5. The molecular weight excluding hydrogens is 991 g/mol. The van der Waals surface area contributed by atoms with Crippen molar-refractivity contribution in [1.29, 1.82) is 0 Å². The van der Waals surface area contributed by atoms with E-state index in [-0.39, 0.29) is 39.6 Å². The van der Waals surface area contributed by atoms with Gasteiger partial charge in [-0.2, -0.15) is 18.0 Å². The van der Waals surface area contributed by atoms with Crippen LogP contribution in [-0.2, 0) is 38.7 Å². The minimum atomic E-state index is -4.06. The Balaban J connectivity index is 0.932. The second-order valence-electron chi connectivity index (χ2n) is 20.7. The Morgan fingerprint density at radius 3 is 2.43 bits per heavy atom. The van der Waals surface area contributed by atoms with Gasteiger partial charge in [-0.3, -0.25) is 19.1 Å². The van der Waals surface area contributed by atoms with Gasteiger partial charge in [0.25, 0.3) is 21.6 Å². The number of hydrogen-bond acceptors (Lipinski definition) is 12. The predicted molar refractivity (Wildman–Crippen MR) is 303 cm³/mol. The number of anilines is 3. The number of rotatable bonds is 21. The number of unbranched alkanes of at least 4 members (excludes halogenated alkanes) is 3. The summed E-state index contributed by atoms with van der Waals surface area (Å²) in [6.45, 7) is 13.9. The molecule has 0 saturated carbocycles. The van der Waals surface area contributed by atoms with E-state index in [4.69, 9.17) is 15.2 Å². The van der Waals surface area contributed by atoms with E-state index in [1.165, 1.54) is 28.7 Å². The summed E-state index contributed by atoms with van der Waals surface area (Å²) < 4.78 is 48.4. The second kappa shape index (κ2) is 23.2. The first kappa shape index (κ1) is 53.9. The monoisotopic (exact) mass is 1060 g/mol. The number of aromatic nitrogens is 4. The first-order valence-electron chi connectivity index (χ1n) is 26.4. The van der Waals surface area contributed by atoms with Gasteiger partial charge in [0, 0.05) is 77.3 Å². The van der Waals surface area contributed by atoms with Crippen molar-refractivity contribution in [3.8, 4) is 5.75 Å². The summed E-state index contributed by atoms with van der Waals surface area (Å²) in [5, 5.41) is 6.28.